The fraction of sp³-hybridized carbons (Fsp3) is 0.538. The third kappa shape index (κ3) is 3.52. The van der Waals surface area contributed by atoms with Crippen molar-refractivity contribution >= 4 is 15.9 Å². The molecule has 17 heavy (non-hydrogen) atoms. The van der Waals surface area contributed by atoms with Crippen molar-refractivity contribution in [1.82, 2.24) is 0 Å². The maximum atomic E-state index is 8.79. The van der Waals surface area contributed by atoms with Crippen LogP contribution in [-0.2, 0) is 14.8 Å². The molecule has 0 aromatic heterocycles. The van der Waals surface area contributed by atoms with E-state index in [2.05, 4.69) is 34.1 Å². The summed E-state index contributed by atoms with van der Waals surface area (Å²) in [6.07, 6.45) is 1.85. The summed E-state index contributed by atoms with van der Waals surface area (Å²) in [5, 5.41) is 9.64. The van der Waals surface area contributed by atoms with E-state index >= 15 is 0 Å². The number of aliphatic hydroxyl groups is 1. The second kappa shape index (κ2) is 6.50. The summed E-state index contributed by atoms with van der Waals surface area (Å²) in [5.74, 6) is 0. The first kappa shape index (κ1) is 13.0. The Kier molecular flexibility index (Phi) is 4.98. The first-order chi connectivity index (χ1) is 8.33. The van der Waals surface area contributed by atoms with E-state index in [1.54, 1.807) is 0 Å². The third-order valence-corrected chi connectivity index (χ3v) is 3.67. The van der Waals surface area contributed by atoms with Crippen LogP contribution in [-0.4, -0.2) is 24.6 Å². The number of alkyl halides is 1. The minimum atomic E-state index is -0.209. The molecule has 2 unspecified atom stereocenters. The normalized spacial score (nSPS) is 24.8. The Balaban J connectivity index is 2.05. The molecule has 1 aromatic rings. The largest absolute Gasteiger partial charge is 0.373 e. The Morgan fingerprint density at radius 1 is 1.47 bits per heavy atom. The van der Waals surface area contributed by atoms with Crippen molar-refractivity contribution in [2.45, 2.75) is 30.4 Å². The van der Waals surface area contributed by atoms with Crippen LogP contribution >= 0.6 is 15.9 Å². The predicted octanol–water partition coefficient (Wildman–Crippen LogP) is 2.77. The molecule has 94 valence electrons. The predicted molar refractivity (Wildman–Crippen MR) is 69.0 cm³/mol. The molecule has 0 spiro atoms. The van der Waals surface area contributed by atoms with E-state index in [9.17, 15) is 0 Å². The molecule has 0 bridgehead atoms. The van der Waals surface area contributed by atoms with Gasteiger partial charge < -0.3 is 14.6 Å². The maximum absolute atomic E-state index is 8.79. The van der Waals surface area contributed by atoms with E-state index in [0.29, 0.717) is 6.61 Å². The van der Waals surface area contributed by atoms with E-state index in [1.807, 2.05) is 6.07 Å². The van der Waals surface area contributed by atoms with Gasteiger partial charge in [0.2, 0.25) is 0 Å². The molecule has 0 aliphatic carbocycles. The van der Waals surface area contributed by atoms with Crippen LogP contribution in [0.4, 0.5) is 0 Å². The van der Waals surface area contributed by atoms with E-state index < -0.39 is 0 Å². The Labute approximate surface area is 110 Å². The Morgan fingerprint density at radius 3 is 3.12 bits per heavy atom. The molecule has 3 nitrogen and oxygen atoms in total. The molecular weight excluding hydrogens is 284 g/mol. The zero-order valence-electron chi connectivity index (χ0n) is 9.64. The number of halogens is 1. The maximum Gasteiger partial charge on any atom is 0.143 e. The average Bonchev–Trinajstić information content (AvgIpc) is 2.40. The number of ether oxygens (including phenoxy) is 2. The summed E-state index contributed by atoms with van der Waals surface area (Å²) in [4.78, 5) is 0. The number of rotatable bonds is 4. The van der Waals surface area contributed by atoms with Crippen molar-refractivity contribution in [2.24, 2.45) is 0 Å². The molecule has 0 radical (unpaired) electrons. The summed E-state index contributed by atoms with van der Waals surface area (Å²) in [6, 6.07) is 8.37. The highest BCUT2D eigenvalue weighted by Gasteiger charge is 2.24. The van der Waals surface area contributed by atoms with Gasteiger partial charge in [-0.1, -0.05) is 40.2 Å². The molecule has 2 atom stereocenters. The van der Waals surface area contributed by atoms with Crippen molar-refractivity contribution in [3.05, 3.63) is 35.4 Å². The minimum Gasteiger partial charge on any atom is -0.373 e. The lowest BCUT2D eigenvalue weighted by Gasteiger charge is -2.29. The van der Waals surface area contributed by atoms with E-state index in [0.717, 1.165) is 18.2 Å². The standard InChI is InChI=1S/C13H17BrO3/c14-8-10-2-1-3-11(6-10)13-7-12(17-9-15)4-5-16-13/h1-3,6,12-13,15H,4-5,7-9H2. The van der Waals surface area contributed by atoms with Gasteiger partial charge in [0.05, 0.1) is 12.2 Å². The lowest BCUT2D eigenvalue weighted by molar-refractivity contribution is -0.113. The second-order valence-electron chi connectivity index (χ2n) is 4.18. The van der Waals surface area contributed by atoms with E-state index in [1.165, 1.54) is 11.1 Å². The van der Waals surface area contributed by atoms with Crippen molar-refractivity contribution in [1.29, 1.82) is 0 Å². The van der Waals surface area contributed by atoms with E-state index in [4.69, 9.17) is 14.6 Å². The lowest BCUT2D eigenvalue weighted by atomic mass is 9.98. The topological polar surface area (TPSA) is 38.7 Å². The summed E-state index contributed by atoms with van der Waals surface area (Å²) in [6.45, 7) is 0.479. The van der Waals surface area contributed by atoms with Gasteiger partial charge in [0.15, 0.2) is 0 Å². The Hall–Kier alpha value is -0.420. The Morgan fingerprint density at radius 2 is 2.35 bits per heavy atom. The van der Waals surface area contributed by atoms with Crippen LogP contribution in [0.15, 0.2) is 24.3 Å². The van der Waals surface area contributed by atoms with Crippen molar-refractivity contribution in [2.75, 3.05) is 13.4 Å². The average molecular weight is 301 g/mol. The molecule has 0 saturated carbocycles. The van der Waals surface area contributed by atoms with Crippen LogP contribution < -0.4 is 0 Å². The van der Waals surface area contributed by atoms with Crippen LogP contribution in [0.1, 0.15) is 30.1 Å². The highest BCUT2D eigenvalue weighted by atomic mass is 79.9. The van der Waals surface area contributed by atoms with E-state index in [-0.39, 0.29) is 19.0 Å². The molecule has 1 saturated heterocycles. The van der Waals surface area contributed by atoms with Gasteiger partial charge in [-0.2, -0.15) is 0 Å². The molecule has 4 heteroatoms. The summed E-state index contributed by atoms with van der Waals surface area (Å²) in [7, 11) is 0. The van der Waals surface area contributed by atoms with Gasteiger partial charge >= 0.3 is 0 Å². The van der Waals surface area contributed by atoms with Crippen LogP contribution in [0.25, 0.3) is 0 Å². The van der Waals surface area contributed by atoms with Crippen LogP contribution in [0.2, 0.25) is 0 Å². The summed E-state index contributed by atoms with van der Waals surface area (Å²) < 4.78 is 11.0. The van der Waals surface area contributed by atoms with Crippen molar-refractivity contribution in [3.8, 4) is 0 Å². The SMILES string of the molecule is OCOC1CCOC(c2cccc(CBr)c2)C1. The van der Waals surface area contributed by atoms with Gasteiger partial charge in [-0.25, -0.2) is 0 Å². The third-order valence-electron chi connectivity index (χ3n) is 3.02. The number of benzene rings is 1. The van der Waals surface area contributed by atoms with Crippen molar-refractivity contribution < 1.29 is 14.6 Å². The Bertz CT molecular complexity index is 354. The van der Waals surface area contributed by atoms with Crippen LogP contribution in [0.5, 0.6) is 0 Å². The number of hydrogen-bond acceptors (Lipinski definition) is 3. The first-order valence-corrected chi connectivity index (χ1v) is 6.94. The summed E-state index contributed by atoms with van der Waals surface area (Å²) >= 11 is 3.45. The van der Waals surface area contributed by atoms with Gasteiger partial charge in [-0.05, 0) is 17.5 Å². The van der Waals surface area contributed by atoms with Gasteiger partial charge in [0, 0.05) is 18.4 Å². The van der Waals surface area contributed by atoms with Gasteiger partial charge in [-0.3, -0.25) is 0 Å². The quantitative estimate of drug-likeness (QED) is 0.686. The molecule has 1 heterocycles. The molecule has 1 aliphatic heterocycles. The zero-order chi connectivity index (χ0) is 12.1. The number of hydrogen-bond donors (Lipinski definition) is 1. The molecule has 1 aromatic carbocycles. The van der Waals surface area contributed by atoms with Crippen molar-refractivity contribution in [3.63, 3.8) is 0 Å². The fourth-order valence-corrected chi connectivity index (χ4v) is 2.48. The lowest BCUT2D eigenvalue weighted by Crippen LogP contribution is -2.26. The van der Waals surface area contributed by atoms with Gasteiger partial charge in [0.25, 0.3) is 0 Å². The molecule has 1 aliphatic rings. The number of aliphatic hydroxyl groups excluding tert-OH is 1. The zero-order valence-corrected chi connectivity index (χ0v) is 11.2. The smallest absolute Gasteiger partial charge is 0.143 e. The molecular formula is C13H17BrO3. The van der Waals surface area contributed by atoms with Gasteiger partial charge in [-0.15, -0.1) is 0 Å². The second-order valence-corrected chi connectivity index (χ2v) is 4.74. The van der Waals surface area contributed by atoms with Crippen LogP contribution in [0, 0.1) is 0 Å². The summed E-state index contributed by atoms with van der Waals surface area (Å²) in [5.41, 5.74) is 2.43. The van der Waals surface area contributed by atoms with Crippen LogP contribution in [0.3, 0.4) is 0 Å². The van der Waals surface area contributed by atoms with Gasteiger partial charge in [0.1, 0.15) is 6.79 Å². The molecule has 2 rings (SSSR count). The molecule has 1 N–H and O–H groups in total. The monoisotopic (exact) mass is 300 g/mol. The minimum absolute atomic E-state index is 0.0827. The molecule has 0 amide bonds. The fourth-order valence-electron chi connectivity index (χ4n) is 2.13. The highest BCUT2D eigenvalue weighted by Crippen LogP contribution is 2.30. The highest BCUT2D eigenvalue weighted by molar-refractivity contribution is 9.08. The first-order valence-electron chi connectivity index (χ1n) is 5.82. The molecule has 1 fully saturated rings.